The van der Waals surface area contributed by atoms with Gasteiger partial charge in [-0.05, 0) is 43.0 Å². The molecule has 0 radical (unpaired) electrons. The first kappa shape index (κ1) is 18.6. The van der Waals surface area contributed by atoms with Gasteiger partial charge in [-0.25, -0.2) is 8.42 Å². The molecule has 0 aromatic heterocycles. The lowest BCUT2D eigenvalue weighted by Crippen LogP contribution is -2.39. The van der Waals surface area contributed by atoms with E-state index in [0.717, 1.165) is 32.1 Å². The van der Waals surface area contributed by atoms with Crippen LogP contribution in [0.5, 0.6) is 0 Å². The summed E-state index contributed by atoms with van der Waals surface area (Å²) in [6.07, 6.45) is 4.08. The molecule has 1 aliphatic heterocycles. The monoisotopic (exact) mass is 371 g/mol. The van der Waals surface area contributed by atoms with Crippen molar-refractivity contribution in [3.05, 3.63) is 65.7 Å². The Bertz CT molecular complexity index is 877. The van der Waals surface area contributed by atoms with Crippen molar-refractivity contribution in [3.63, 3.8) is 0 Å². The third-order valence-corrected chi connectivity index (χ3v) is 6.31. The zero-order chi connectivity index (χ0) is 18.7. The molecule has 1 heterocycles. The Labute approximate surface area is 155 Å². The van der Waals surface area contributed by atoms with E-state index in [1.54, 1.807) is 12.1 Å². The Morgan fingerprint density at radius 1 is 1.15 bits per heavy atom. The molecule has 4 nitrogen and oxygen atoms in total. The van der Waals surface area contributed by atoms with Gasteiger partial charge in [0.05, 0.1) is 4.90 Å². The second kappa shape index (κ2) is 7.62. The Balaban J connectivity index is 1.89. The van der Waals surface area contributed by atoms with Crippen LogP contribution >= 0.6 is 0 Å². The standard InChI is InChI=1S/C21H25NO3S/c1-3-19(16-9-5-4-6-10-16)20-13-8-14-22(20)21(23)17-11-7-12-18(15-17)26(2,24)25/h4-7,9-12,15,19-20H,3,8,13-14H2,1-2H3. The Morgan fingerprint density at radius 2 is 1.88 bits per heavy atom. The number of hydrogen-bond acceptors (Lipinski definition) is 3. The maximum Gasteiger partial charge on any atom is 0.254 e. The summed E-state index contributed by atoms with van der Waals surface area (Å²) in [7, 11) is -3.33. The van der Waals surface area contributed by atoms with Gasteiger partial charge in [0.2, 0.25) is 0 Å². The highest BCUT2D eigenvalue weighted by molar-refractivity contribution is 7.90. The second-order valence-corrected chi connectivity index (χ2v) is 8.95. The molecule has 1 fully saturated rings. The summed E-state index contributed by atoms with van der Waals surface area (Å²) in [5, 5.41) is 0. The van der Waals surface area contributed by atoms with Gasteiger partial charge in [-0.1, -0.05) is 43.3 Å². The molecule has 3 rings (SSSR count). The molecule has 2 atom stereocenters. The summed E-state index contributed by atoms with van der Waals surface area (Å²) in [5.74, 6) is 0.216. The van der Waals surface area contributed by atoms with E-state index < -0.39 is 9.84 Å². The highest BCUT2D eigenvalue weighted by Gasteiger charge is 2.35. The van der Waals surface area contributed by atoms with Gasteiger partial charge in [0, 0.05) is 30.3 Å². The molecule has 2 unspecified atom stereocenters. The topological polar surface area (TPSA) is 54.5 Å². The molecule has 26 heavy (non-hydrogen) atoms. The third kappa shape index (κ3) is 3.83. The van der Waals surface area contributed by atoms with Gasteiger partial charge in [-0.3, -0.25) is 4.79 Å². The average molecular weight is 372 g/mol. The SMILES string of the molecule is CCC(c1ccccc1)C1CCCN1C(=O)c1cccc(S(C)(=O)=O)c1. The van der Waals surface area contributed by atoms with E-state index in [-0.39, 0.29) is 16.8 Å². The van der Waals surface area contributed by atoms with E-state index in [1.165, 1.54) is 17.7 Å². The fourth-order valence-electron chi connectivity index (χ4n) is 3.92. The maximum absolute atomic E-state index is 13.1. The van der Waals surface area contributed by atoms with Crippen molar-refractivity contribution in [1.29, 1.82) is 0 Å². The molecule has 1 aliphatic rings. The van der Waals surface area contributed by atoms with Crippen LogP contribution in [0.2, 0.25) is 0 Å². The van der Waals surface area contributed by atoms with Gasteiger partial charge in [-0.15, -0.1) is 0 Å². The molecular formula is C21H25NO3S. The molecule has 0 saturated carbocycles. The fourth-order valence-corrected chi connectivity index (χ4v) is 4.59. The van der Waals surface area contributed by atoms with E-state index in [9.17, 15) is 13.2 Å². The molecular weight excluding hydrogens is 346 g/mol. The molecule has 2 aromatic rings. The zero-order valence-corrected chi connectivity index (χ0v) is 16.1. The number of likely N-dealkylation sites (tertiary alicyclic amines) is 1. The molecule has 0 N–H and O–H groups in total. The van der Waals surface area contributed by atoms with Crippen LogP contribution in [0, 0.1) is 0 Å². The summed E-state index contributed by atoms with van der Waals surface area (Å²) in [6, 6.07) is 16.9. The second-order valence-electron chi connectivity index (χ2n) is 6.93. The van der Waals surface area contributed by atoms with Gasteiger partial charge in [0.1, 0.15) is 0 Å². The summed E-state index contributed by atoms with van der Waals surface area (Å²) in [4.78, 5) is 15.2. The molecule has 5 heteroatoms. The number of carbonyl (C=O) groups is 1. The first-order valence-corrected chi connectivity index (χ1v) is 11.0. The fraction of sp³-hybridized carbons (Fsp3) is 0.381. The Kier molecular flexibility index (Phi) is 5.47. The zero-order valence-electron chi connectivity index (χ0n) is 15.3. The number of rotatable bonds is 5. The summed E-state index contributed by atoms with van der Waals surface area (Å²) >= 11 is 0. The van der Waals surface area contributed by atoms with Crippen molar-refractivity contribution in [1.82, 2.24) is 4.90 Å². The van der Waals surface area contributed by atoms with Crippen molar-refractivity contribution in [2.45, 2.75) is 43.0 Å². The van der Waals surface area contributed by atoms with Crippen LogP contribution in [0.1, 0.15) is 48.0 Å². The lowest BCUT2D eigenvalue weighted by molar-refractivity contribution is 0.0714. The van der Waals surface area contributed by atoms with Gasteiger partial charge >= 0.3 is 0 Å². The van der Waals surface area contributed by atoms with Crippen molar-refractivity contribution >= 4 is 15.7 Å². The number of nitrogens with zero attached hydrogens (tertiary/aromatic N) is 1. The number of amides is 1. The maximum atomic E-state index is 13.1. The molecule has 2 aromatic carbocycles. The summed E-state index contributed by atoms with van der Waals surface area (Å²) in [5.41, 5.74) is 1.70. The summed E-state index contributed by atoms with van der Waals surface area (Å²) < 4.78 is 23.6. The van der Waals surface area contributed by atoms with E-state index >= 15 is 0 Å². The molecule has 1 amide bonds. The van der Waals surface area contributed by atoms with Crippen molar-refractivity contribution in [3.8, 4) is 0 Å². The van der Waals surface area contributed by atoms with Crippen LogP contribution in [0.3, 0.4) is 0 Å². The lowest BCUT2D eigenvalue weighted by Gasteiger charge is -2.32. The van der Waals surface area contributed by atoms with Crippen molar-refractivity contribution < 1.29 is 13.2 Å². The number of benzene rings is 2. The summed E-state index contributed by atoms with van der Waals surface area (Å²) in [6.45, 7) is 2.87. The number of sulfone groups is 1. The molecule has 1 saturated heterocycles. The minimum atomic E-state index is -3.33. The minimum Gasteiger partial charge on any atom is -0.335 e. The smallest absolute Gasteiger partial charge is 0.254 e. The van der Waals surface area contributed by atoms with E-state index in [0.29, 0.717) is 11.5 Å². The third-order valence-electron chi connectivity index (χ3n) is 5.20. The predicted octanol–water partition coefficient (Wildman–Crippen LogP) is 3.89. The molecule has 0 spiro atoms. The first-order chi connectivity index (χ1) is 12.4. The van der Waals surface area contributed by atoms with Crippen LogP contribution in [-0.2, 0) is 9.84 Å². The quantitative estimate of drug-likeness (QED) is 0.801. The largest absolute Gasteiger partial charge is 0.335 e. The van der Waals surface area contributed by atoms with E-state index in [4.69, 9.17) is 0 Å². The average Bonchev–Trinajstić information content (AvgIpc) is 3.11. The van der Waals surface area contributed by atoms with Crippen molar-refractivity contribution in [2.75, 3.05) is 12.8 Å². The van der Waals surface area contributed by atoms with Crippen LogP contribution in [0.4, 0.5) is 0 Å². The lowest BCUT2D eigenvalue weighted by atomic mass is 9.87. The van der Waals surface area contributed by atoms with Gasteiger partial charge < -0.3 is 4.90 Å². The first-order valence-electron chi connectivity index (χ1n) is 9.08. The number of carbonyl (C=O) groups excluding carboxylic acids is 1. The van der Waals surface area contributed by atoms with Crippen LogP contribution in [-0.4, -0.2) is 38.1 Å². The minimum absolute atomic E-state index is 0.0765. The number of hydrogen-bond donors (Lipinski definition) is 0. The van der Waals surface area contributed by atoms with Gasteiger partial charge in [0.15, 0.2) is 9.84 Å². The van der Waals surface area contributed by atoms with Gasteiger partial charge in [0.25, 0.3) is 5.91 Å². The van der Waals surface area contributed by atoms with Gasteiger partial charge in [-0.2, -0.15) is 0 Å². The molecule has 138 valence electrons. The van der Waals surface area contributed by atoms with E-state index in [2.05, 4.69) is 19.1 Å². The van der Waals surface area contributed by atoms with Crippen molar-refractivity contribution in [2.24, 2.45) is 0 Å². The predicted molar refractivity (Wildman–Crippen MR) is 103 cm³/mol. The van der Waals surface area contributed by atoms with Crippen LogP contribution in [0.25, 0.3) is 0 Å². The highest BCUT2D eigenvalue weighted by atomic mass is 32.2. The van der Waals surface area contributed by atoms with Crippen LogP contribution < -0.4 is 0 Å². The van der Waals surface area contributed by atoms with E-state index in [1.807, 2.05) is 23.1 Å². The normalized spacial score (nSPS) is 18.7. The molecule has 0 aliphatic carbocycles. The molecule has 0 bridgehead atoms. The van der Waals surface area contributed by atoms with Crippen LogP contribution in [0.15, 0.2) is 59.5 Å². The highest BCUT2D eigenvalue weighted by Crippen LogP contribution is 2.34. The Hall–Kier alpha value is -2.14. The Morgan fingerprint density at radius 3 is 2.54 bits per heavy atom.